The average molecular weight is 534 g/mol. The third kappa shape index (κ3) is 5.01. The SMILES string of the molecule is Cn1nccc1-c1cc(-c2ccc(F)nc2)ncc1Oc1ccc(S(=O)(=O)Nc2nccs2)cc1C#N. The molecule has 0 spiro atoms. The molecular weight excluding hydrogens is 517 g/mol. The summed E-state index contributed by atoms with van der Waals surface area (Å²) in [5, 5.41) is 15.8. The van der Waals surface area contributed by atoms with Gasteiger partial charge in [0, 0.05) is 42.1 Å². The molecule has 0 saturated heterocycles. The minimum atomic E-state index is -3.96. The molecule has 5 rings (SSSR count). The number of pyridine rings is 2. The number of aryl methyl sites for hydroxylation is 1. The third-order valence-electron chi connectivity index (χ3n) is 5.24. The molecule has 4 aromatic heterocycles. The minimum absolute atomic E-state index is 0.00443. The number of aromatic nitrogens is 5. The van der Waals surface area contributed by atoms with E-state index in [9.17, 15) is 18.1 Å². The molecule has 5 aromatic rings. The second-order valence-electron chi connectivity index (χ2n) is 7.59. The molecule has 0 aliphatic carbocycles. The highest BCUT2D eigenvalue weighted by atomic mass is 32.2. The first-order valence-electron chi connectivity index (χ1n) is 10.6. The predicted octanol–water partition coefficient (Wildman–Crippen LogP) is 4.60. The maximum absolute atomic E-state index is 13.3. The summed E-state index contributed by atoms with van der Waals surface area (Å²) in [4.78, 5) is 11.9. The van der Waals surface area contributed by atoms with Gasteiger partial charge in [0.1, 0.15) is 11.8 Å². The Kier molecular flexibility index (Phi) is 6.34. The highest BCUT2D eigenvalue weighted by molar-refractivity contribution is 7.93. The average Bonchev–Trinajstić information content (AvgIpc) is 3.56. The van der Waals surface area contributed by atoms with Crippen LogP contribution in [0.1, 0.15) is 5.56 Å². The number of benzene rings is 1. The third-order valence-corrected chi connectivity index (χ3v) is 7.40. The van der Waals surface area contributed by atoms with Crippen molar-refractivity contribution >= 4 is 26.5 Å². The summed E-state index contributed by atoms with van der Waals surface area (Å²) in [5.41, 5.74) is 2.41. The van der Waals surface area contributed by atoms with Crippen LogP contribution >= 0.6 is 11.3 Å². The summed E-state index contributed by atoms with van der Waals surface area (Å²) in [5.74, 6) is -0.167. The van der Waals surface area contributed by atoms with Crippen LogP contribution in [0.15, 0.2) is 77.5 Å². The minimum Gasteiger partial charge on any atom is -0.454 e. The monoisotopic (exact) mass is 533 g/mol. The van der Waals surface area contributed by atoms with Crippen LogP contribution in [0.2, 0.25) is 0 Å². The van der Waals surface area contributed by atoms with E-state index in [0.29, 0.717) is 28.3 Å². The van der Waals surface area contributed by atoms with Crippen molar-refractivity contribution in [2.24, 2.45) is 7.05 Å². The molecule has 0 radical (unpaired) electrons. The summed E-state index contributed by atoms with van der Waals surface area (Å²) < 4.78 is 48.8. The highest BCUT2D eigenvalue weighted by Crippen LogP contribution is 2.36. The van der Waals surface area contributed by atoms with Crippen LogP contribution in [-0.2, 0) is 17.1 Å². The van der Waals surface area contributed by atoms with E-state index in [-0.39, 0.29) is 21.3 Å². The summed E-state index contributed by atoms with van der Waals surface area (Å²) in [7, 11) is -2.20. The number of thiazole rings is 1. The van der Waals surface area contributed by atoms with Gasteiger partial charge in [-0.3, -0.25) is 14.4 Å². The van der Waals surface area contributed by atoms with Gasteiger partial charge < -0.3 is 4.74 Å². The molecule has 0 bridgehead atoms. The van der Waals surface area contributed by atoms with E-state index in [1.54, 1.807) is 41.5 Å². The molecule has 0 aliphatic rings. The quantitative estimate of drug-likeness (QED) is 0.300. The molecule has 10 nitrogen and oxygen atoms in total. The second kappa shape index (κ2) is 9.76. The number of sulfonamides is 1. The number of hydrogen-bond donors (Lipinski definition) is 1. The van der Waals surface area contributed by atoms with Gasteiger partial charge in [-0.25, -0.2) is 18.4 Å². The predicted molar refractivity (Wildman–Crippen MR) is 134 cm³/mol. The molecule has 4 heterocycles. The zero-order chi connectivity index (χ0) is 26.0. The molecule has 1 aromatic carbocycles. The van der Waals surface area contributed by atoms with Crippen LogP contribution in [0.25, 0.3) is 22.5 Å². The Morgan fingerprint density at radius 2 is 1.92 bits per heavy atom. The van der Waals surface area contributed by atoms with Crippen molar-refractivity contribution in [2.75, 3.05) is 4.72 Å². The molecular formula is C24H16FN7O3S2. The van der Waals surface area contributed by atoms with Crippen molar-refractivity contribution in [3.8, 4) is 40.1 Å². The fraction of sp³-hybridized carbons (Fsp3) is 0.0417. The van der Waals surface area contributed by atoms with E-state index in [1.807, 2.05) is 6.07 Å². The van der Waals surface area contributed by atoms with E-state index >= 15 is 0 Å². The van der Waals surface area contributed by atoms with Crippen LogP contribution in [-0.4, -0.2) is 33.2 Å². The van der Waals surface area contributed by atoms with E-state index in [2.05, 4.69) is 24.8 Å². The molecule has 0 amide bonds. The van der Waals surface area contributed by atoms with Gasteiger partial charge in [0.15, 0.2) is 10.9 Å². The molecule has 0 fully saturated rings. The molecule has 37 heavy (non-hydrogen) atoms. The van der Waals surface area contributed by atoms with Gasteiger partial charge in [-0.2, -0.15) is 14.8 Å². The lowest BCUT2D eigenvalue weighted by Crippen LogP contribution is -2.13. The number of anilines is 1. The number of nitriles is 1. The van der Waals surface area contributed by atoms with Gasteiger partial charge in [-0.05, 0) is 42.5 Å². The molecule has 184 valence electrons. The first-order valence-corrected chi connectivity index (χ1v) is 12.9. The van der Waals surface area contributed by atoms with Crippen molar-refractivity contribution < 1.29 is 17.5 Å². The number of nitrogens with zero attached hydrogens (tertiary/aromatic N) is 6. The Morgan fingerprint density at radius 1 is 1.05 bits per heavy atom. The van der Waals surface area contributed by atoms with Crippen molar-refractivity contribution in [2.45, 2.75) is 4.90 Å². The molecule has 0 unspecified atom stereocenters. The standard InChI is InChI=1S/C24H16FN7O3S2/c1-32-20(6-7-30-32)18-11-19(15-2-5-23(25)29-13-15)28-14-22(18)35-21-4-3-17(10-16(21)12-26)37(33,34)31-24-27-8-9-36-24/h2-11,13-14H,1H3,(H,27,31). The van der Waals surface area contributed by atoms with E-state index in [4.69, 9.17) is 4.74 Å². The smallest absolute Gasteiger partial charge is 0.263 e. The van der Waals surface area contributed by atoms with Gasteiger partial charge in [-0.1, -0.05) is 0 Å². The highest BCUT2D eigenvalue weighted by Gasteiger charge is 2.20. The fourth-order valence-electron chi connectivity index (χ4n) is 3.47. The number of rotatable bonds is 7. The van der Waals surface area contributed by atoms with Gasteiger partial charge in [0.05, 0.1) is 28.0 Å². The van der Waals surface area contributed by atoms with Crippen LogP contribution in [0, 0.1) is 17.3 Å². The lowest BCUT2D eigenvalue weighted by Gasteiger charge is -2.14. The summed E-state index contributed by atoms with van der Waals surface area (Å²) in [6.07, 6.45) is 5.94. The van der Waals surface area contributed by atoms with Crippen molar-refractivity contribution in [3.63, 3.8) is 0 Å². The Morgan fingerprint density at radius 3 is 2.59 bits per heavy atom. The molecule has 0 aliphatic heterocycles. The number of nitrogens with one attached hydrogen (secondary N) is 1. The summed E-state index contributed by atoms with van der Waals surface area (Å²) in [6.45, 7) is 0. The van der Waals surface area contributed by atoms with Crippen molar-refractivity contribution in [3.05, 3.63) is 84.1 Å². The Balaban J connectivity index is 1.52. The van der Waals surface area contributed by atoms with Crippen LogP contribution < -0.4 is 9.46 Å². The Bertz CT molecular complexity index is 1730. The van der Waals surface area contributed by atoms with Gasteiger partial charge in [-0.15, -0.1) is 11.3 Å². The second-order valence-corrected chi connectivity index (χ2v) is 10.2. The van der Waals surface area contributed by atoms with Gasteiger partial charge in [0.2, 0.25) is 5.95 Å². The van der Waals surface area contributed by atoms with Gasteiger partial charge in [0.25, 0.3) is 10.0 Å². The zero-order valence-electron chi connectivity index (χ0n) is 19.0. The fourth-order valence-corrected chi connectivity index (χ4v) is 5.28. The van der Waals surface area contributed by atoms with E-state index < -0.39 is 16.0 Å². The van der Waals surface area contributed by atoms with Gasteiger partial charge >= 0.3 is 0 Å². The molecule has 0 saturated carbocycles. The summed E-state index contributed by atoms with van der Waals surface area (Å²) >= 11 is 1.13. The van der Waals surface area contributed by atoms with Crippen LogP contribution in [0.5, 0.6) is 11.5 Å². The first-order chi connectivity index (χ1) is 17.8. The lowest BCUT2D eigenvalue weighted by atomic mass is 10.1. The van der Waals surface area contributed by atoms with Crippen LogP contribution in [0.3, 0.4) is 0 Å². The molecule has 0 atom stereocenters. The Hall–Kier alpha value is -4.67. The summed E-state index contributed by atoms with van der Waals surface area (Å²) in [6, 6.07) is 12.3. The topological polar surface area (TPSA) is 136 Å². The number of halogens is 1. The number of hydrogen-bond acceptors (Lipinski definition) is 9. The normalized spacial score (nSPS) is 11.2. The van der Waals surface area contributed by atoms with E-state index in [1.165, 1.54) is 42.9 Å². The maximum Gasteiger partial charge on any atom is 0.263 e. The van der Waals surface area contributed by atoms with E-state index in [0.717, 1.165) is 11.3 Å². The Labute approximate surface area is 214 Å². The maximum atomic E-state index is 13.3. The van der Waals surface area contributed by atoms with Crippen LogP contribution in [0.4, 0.5) is 9.52 Å². The largest absolute Gasteiger partial charge is 0.454 e. The molecule has 13 heteroatoms. The first kappa shape index (κ1) is 24.0. The lowest BCUT2D eigenvalue weighted by molar-refractivity contribution is 0.479. The van der Waals surface area contributed by atoms with Crippen molar-refractivity contribution in [1.29, 1.82) is 5.26 Å². The molecule has 1 N–H and O–H groups in total. The zero-order valence-corrected chi connectivity index (χ0v) is 20.7. The van der Waals surface area contributed by atoms with Crippen molar-refractivity contribution in [1.82, 2.24) is 24.7 Å². The number of ether oxygens (including phenoxy) is 1.